The summed E-state index contributed by atoms with van der Waals surface area (Å²) >= 11 is 1.84. The van der Waals surface area contributed by atoms with Crippen molar-refractivity contribution in [2.45, 2.75) is 58.5 Å². The summed E-state index contributed by atoms with van der Waals surface area (Å²) in [7, 11) is 0. The van der Waals surface area contributed by atoms with Gasteiger partial charge in [-0.2, -0.15) is 4.98 Å². The Morgan fingerprint density at radius 1 is 1.13 bits per heavy atom. The number of hydrogen-bond acceptors (Lipinski definition) is 9. The first-order chi connectivity index (χ1) is 14.7. The lowest BCUT2D eigenvalue weighted by Gasteiger charge is -2.26. The fourth-order valence-corrected chi connectivity index (χ4v) is 5.59. The summed E-state index contributed by atoms with van der Waals surface area (Å²) in [6.07, 6.45) is 5.59. The molecule has 3 aromatic heterocycles. The zero-order valence-electron chi connectivity index (χ0n) is 17.6. The maximum absolute atomic E-state index is 5.49. The minimum absolute atomic E-state index is 0.0454. The molecule has 0 amide bonds. The van der Waals surface area contributed by atoms with E-state index < -0.39 is 0 Å². The van der Waals surface area contributed by atoms with E-state index in [4.69, 9.17) is 19.2 Å². The highest BCUT2D eigenvalue weighted by Crippen LogP contribution is 2.39. The molecule has 30 heavy (non-hydrogen) atoms. The first-order valence-corrected chi connectivity index (χ1v) is 11.7. The van der Waals surface area contributed by atoms with Crippen LogP contribution in [0.15, 0.2) is 4.52 Å². The van der Waals surface area contributed by atoms with Gasteiger partial charge in [-0.05, 0) is 37.7 Å². The molecule has 1 N–H and O–H groups in total. The van der Waals surface area contributed by atoms with E-state index in [9.17, 15) is 0 Å². The third kappa shape index (κ3) is 3.93. The van der Waals surface area contributed by atoms with Crippen LogP contribution >= 0.6 is 11.3 Å². The third-order valence-electron chi connectivity index (χ3n) is 5.90. The Morgan fingerprint density at radius 3 is 2.73 bits per heavy atom. The second kappa shape index (κ2) is 8.56. The maximum Gasteiger partial charge on any atom is 0.223 e. The average molecular weight is 429 g/mol. The van der Waals surface area contributed by atoms with Gasteiger partial charge in [-0.15, -0.1) is 11.3 Å². The summed E-state index contributed by atoms with van der Waals surface area (Å²) < 4.78 is 10.7. The van der Waals surface area contributed by atoms with Crippen LogP contribution in [0.5, 0.6) is 0 Å². The Labute approximate surface area is 180 Å². The largest absolute Gasteiger partial charge is 0.379 e. The van der Waals surface area contributed by atoms with E-state index in [2.05, 4.69) is 27.3 Å². The average Bonchev–Trinajstić information content (AvgIpc) is 3.36. The van der Waals surface area contributed by atoms with Gasteiger partial charge in [-0.3, -0.25) is 4.90 Å². The van der Waals surface area contributed by atoms with Crippen molar-refractivity contribution in [1.82, 2.24) is 25.0 Å². The fraction of sp³-hybridized carbons (Fsp3) is 0.619. The normalized spacial score (nSPS) is 18.5. The summed E-state index contributed by atoms with van der Waals surface area (Å²) in [5, 5.41) is 8.98. The molecule has 1 saturated heterocycles. The Morgan fingerprint density at radius 2 is 1.97 bits per heavy atom. The van der Waals surface area contributed by atoms with Gasteiger partial charge in [0.2, 0.25) is 5.89 Å². The van der Waals surface area contributed by atoms with Crippen molar-refractivity contribution in [3.8, 4) is 0 Å². The van der Waals surface area contributed by atoms with Crippen molar-refractivity contribution in [2.75, 3.05) is 31.6 Å². The number of anilines is 1. The van der Waals surface area contributed by atoms with Crippen molar-refractivity contribution in [3.05, 3.63) is 28.0 Å². The lowest BCUT2D eigenvalue weighted by molar-refractivity contribution is 0.0331. The molecule has 1 atom stereocenters. The van der Waals surface area contributed by atoms with Crippen LogP contribution in [-0.2, 0) is 24.1 Å². The molecule has 1 unspecified atom stereocenters. The molecular formula is C21H28N6O2S. The van der Waals surface area contributed by atoms with E-state index in [1.165, 1.54) is 28.7 Å². The molecule has 4 heterocycles. The molecule has 0 radical (unpaired) electrons. The predicted octanol–water partition coefficient (Wildman–Crippen LogP) is 3.66. The molecule has 0 bridgehead atoms. The van der Waals surface area contributed by atoms with Crippen molar-refractivity contribution in [2.24, 2.45) is 0 Å². The number of nitrogens with one attached hydrogen (secondary N) is 1. The number of aryl methyl sites for hydroxylation is 3. The standard InChI is InChI=1S/C21H28N6O2S/c1-3-15(19-22-13(2)29-26-19)23-20-18-14-6-4-5-7-16(14)30-21(18)25-17(24-20)12-27-8-10-28-11-9-27/h15H,3-12H2,1-2H3,(H,23,24,25). The van der Waals surface area contributed by atoms with Crippen LogP contribution in [0.3, 0.4) is 0 Å². The minimum Gasteiger partial charge on any atom is -0.379 e. The molecule has 1 fully saturated rings. The van der Waals surface area contributed by atoms with Crippen molar-refractivity contribution >= 4 is 27.4 Å². The zero-order valence-corrected chi connectivity index (χ0v) is 18.4. The number of aromatic nitrogens is 4. The van der Waals surface area contributed by atoms with Gasteiger partial charge in [0.15, 0.2) is 5.82 Å². The van der Waals surface area contributed by atoms with E-state index in [1.807, 2.05) is 18.3 Å². The fourth-order valence-electron chi connectivity index (χ4n) is 4.31. The van der Waals surface area contributed by atoms with Crippen LogP contribution in [0, 0.1) is 6.92 Å². The summed E-state index contributed by atoms with van der Waals surface area (Å²) in [4.78, 5) is 19.4. The molecular weight excluding hydrogens is 400 g/mol. The molecule has 8 nitrogen and oxygen atoms in total. The Balaban J connectivity index is 1.53. The second-order valence-corrected chi connectivity index (χ2v) is 9.13. The highest BCUT2D eigenvalue weighted by molar-refractivity contribution is 7.19. The van der Waals surface area contributed by atoms with Gasteiger partial charge in [0, 0.05) is 24.9 Å². The van der Waals surface area contributed by atoms with Gasteiger partial charge in [0.1, 0.15) is 16.5 Å². The molecule has 1 aliphatic carbocycles. The number of ether oxygens (including phenoxy) is 1. The van der Waals surface area contributed by atoms with Gasteiger partial charge >= 0.3 is 0 Å². The Hall–Kier alpha value is -2.10. The number of fused-ring (bicyclic) bond motifs is 3. The third-order valence-corrected chi connectivity index (χ3v) is 7.09. The van der Waals surface area contributed by atoms with E-state index >= 15 is 0 Å². The first kappa shape index (κ1) is 19.8. The number of hydrogen-bond donors (Lipinski definition) is 1. The predicted molar refractivity (Wildman–Crippen MR) is 116 cm³/mol. The topological polar surface area (TPSA) is 89.2 Å². The molecule has 1 aliphatic heterocycles. The highest BCUT2D eigenvalue weighted by atomic mass is 32.1. The Bertz CT molecular complexity index is 1030. The number of morpholine rings is 1. The summed E-state index contributed by atoms with van der Waals surface area (Å²) in [5.41, 5.74) is 1.43. The molecule has 160 valence electrons. The van der Waals surface area contributed by atoms with Crippen LogP contribution in [-0.4, -0.2) is 51.3 Å². The number of thiophene rings is 1. The second-order valence-electron chi connectivity index (χ2n) is 8.04. The number of rotatable bonds is 6. The van der Waals surface area contributed by atoms with Gasteiger partial charge < -0.3 is 14.6 Å². The molecule has 0 saturated carbocycles. The smallest absolute Gasteiger partial charge is 0.223 e. The van der Waals surface area contributed by atoms with E-state index in [-0.39, 0.29) is 6.04 Å². The lowest BCUT2D eigenvalue weighted by Crippen LogP contribution is -2.36. The van der Waals surface area contributed by atoms with Crippen LogP contribution in [0.2, 0.25) is 0 Å². The van der Waals surface area contributed by atoms with Gasteiger partial charge in [-0.1, -0.05) is 12.1 Å². The van der Waals surface area contributed by atoms with E-state index in [1.54, 1.807) is 0 Å². The highest BCUT2D eigenvalue weighted by Gasteiger charge is 2.24. The SMILES string of the molecule is CCC(Nc1nc(CN2CCOCC2)nc2sc3c(c12)CCCC3)c1noc(C)n1. The van der Waals surface area contributed by atoms with Crippen LogP contribution in [0.25, 0.3) is 10.2 Å². The van der Waals surface area contributed by atoms with E-state index in [0.717, 1.165) is 68.6 Å². The molecule has 3 aromatic rings. The zero-order chi connectivity index (χ0) is 20.5. The summed E-state index contributed by atoms with van der Waals surface area (Å²) in [5.74, 6) is 3.04. The molecule has 2 aliphatic rings. The van der Waals surface area contributed by atoms with Gasteiger partial charge in [0.05, 0.1) is 31.2 Å². The van der Waals surface area contributed by atoms with E-state index in [0.29, 0.717) is 11.7 Å². The molecule has 9 heteroatoms. The van der Waals surface area contributed by atoms with Crippen LogP contribution in [0.4, 0.5) is 5.82 Å². The quantitative estimate of drug-likeness (QED) is 0.636. The van der Waals surface area contributed by atoms with Crippen LogP contribution < -0.4 is 5.32 Å². The van der Waals surface area contributed by atoms with Crippen molar-refractivity contribution in [3.63, 3.8) is 0 Å². The lowest BCUT2D eigenvalue weighted by atomic mass is 9.97. The first-order valence-electron chi connectivity index (χ1n) is 10.9. The molecule has 0 aromatic carbocycles. The maximum atomic E-state index is 5.49. The van der Waals surface area contributed by atoms with Gasteiger partial charge in [0.25, 0.3) is 0 Å². The number of nitrogens with zero attached hydrogens (tertiary/aromatic N) is 5. The Kier molecular flexibility index (Phi) is 5.66. The van der Waals surface area contributed by atoms with Crippen molar-refractivity contribution in [1.29, 1.82) is 0 Å². The van der Waals surface area contributed by atoms with Crippen LogP contribution in [0.1, 0.15) is 60.2 Å². The summed E-state index contributed by atoms with van der Waals surface area (Å²) in [6.45, 7) is 8.08. The molecule has 5 rings (SSSR count). The molecule has 0 spiro atoms. The summed E-state index contributed by atoms with van der Waals surface area (Å²) in [6, 6.07) is -0.0454. The van der Waals surface area contributed by atoms with Crippen molar-refractivity contribution < 1.29 is 9.26 Å². The monoisotopic (exact) mass is 428 g/mol. The van der Waals surface area contributed by atoms with Gasteiger partial charge in [-0.25, -0.2) is 9.97 Å². The minimum atomic E-state index is -0.0454.